The maximum absolute atomic E-state index is 5.54. The number of rotatable bonds is 3. The standard InChI is InChI=1S/C11H21NOS/c1-3-9-4-13-5-10(9)12-11-7-14-6-8(11)2/h8-12H,3-7H2,1-2H3. The van der Waals surface area contributed by atoms with Crippen LogP contribution >= 0.6 is 11.8 Å². The van der Waals surface area contributed by atoms with Gasteiger partial charge in [0.25, 0.3) is 0 Å². The zero-order chi connectivity index (χ0) is 9.97. The molecule has 2 fully saturated rings. The van der Waals surface area contributed by atoms with E-state index in [9.17, 15) is 0 Å². The Morgan fingerprint density at radius 2 is 2.14 bits per heavy atom. The van der Waals surface area contributed by atoms with E-state index in [0.717, 1.165) is 31.1 Å². The van der Waals surface area contributed by atoms with Crippen molar-refractivity contribution in [3.05, 3.63) is 0 Å². The number of hydrogen-bond acceptors (Lipinski definition) is 3. The molecule has 14 heavy (non-hydrogen) atoms. The third-order valence-electron chi connectivity index (χ3n) is 3.52. The summed E-state index contributed by atoms with van der Waals surface area (Å²) in [5, 5.41) is 3.78. The van der Waals surface area contributed by atoms with Gasteiger partial charge >= 0.3 is 0 Å². The van der Waals surface area contributed by atoms with Crippen molar-refractivity contribution in [1.82, 2.24) is 5.32 Å². The third-order valence-corrected chi connectivity index (χ3v) is 4.87. The molecule has 0 aromatic heterocycles. The predicted molar refractivity (Wildman–Crippen MR) is 61.8 cm³/mol. The zero-order valence-corrected chi connectivity index (χ0v) is 9.98. The summed E-state index contributed by atoms with van der Waals surface area (Å²) in [7, 11) is 0. The Labute approximate surface area is 91.2 Å². The quantitative estimate of drug-likeness (QED) is 0.775. The van der Waals surface area contributed by atoms with E-state index >= 15 is 0 Å². The molecule has 0 amide bonds. The van der Waals surface area contributed by atoms with Crippen molar-refractivity contribution in [3.8, 4) is 0 Å². The molecule has 4 atom stereocenters. The number of hydrogen-bond donors (Lipinski definition) is 1. The first-order valence-corrected chi connectivity index (χ1v) is 6.88. The fraction of sp³-hybridized carbons (Fsp3) is 1.00. The van der Waals surface area contributed by atoms with Crippen LogP contribution in [0.2, 0.25) is 0 Å². The van der Waals surface area contributed by atoms with Gasteiger partial charge in [0.15, 0.2) is 0 Å². The highest BCUT2D eigenvalue weighted by atomic mass is 32.2. The second-order valence-corrected chi connectivity index (χ2v) is 5.68. The Kier molecular flexibility index (Phi) is 3.74. The van der Waals surface area contributed by atoms with Gasteiger partial charge in [0, 0.05) is 17.8 Å². The van der Waals surface area contributed by atoms with Crippen LogP contribution in [0.3, 0.4) is 0 Å². The molecule has 2 nitrogen and oxygen atoms in total. The molecule has 2 aliphatic rings. The topological polar surface area (TPSA) is 21.3 Å². The van der Waals surface area contributed by atoms with Gasteiger partial charge in [-0.1, -0.05) is 13.8 Å². The fourth-order valence-electron chi connectivity index (χ4n) is 2.33. The van der Waals surface area contributed by atoms with Crippen LogP contribution in [0, 0.1) is 11.8 Å². The van der Waals surface area contributed by atoms with Gasteiger partial charge in [0.05, 0.1) is 13.2 Å². The lowest BCUT2D eigenvalue weighted by Gasteiger charge is -2.24. The average molecular weight is 215 g/mol. The van der Waals surface area contributed by atoms with E-state index in [4.69, 9.17) is 4.74 Å². The first-order chi connectivity index (χ1) is 6.81. The maximum Gasteiger partial charge on any atom is 0.0623 e. The highest BCUT2D eigenvalue weighted by molar-refractivity contribution is 7.99. The molecule has 0 radical (unpaired) electrons. The summed E-state index contributed by atoms with van der Waals surface area (Å²) in [4.78, 5) is 0. The molecule has 2 saturated heterocycles. The molecule has 2 heterocycles. The van der Waals surface area contributed by atoms with Crippen molar-refractivity contribution in [2.24, 2.45) is 11.8 Å². The van der Waals surface area contributed by atoms with Gasteiger partial charge in [0.2, 0.25) is 0 Å². The van der Waals surface area contributed by atoms with Crippen LogP contribution in [0.25, 0.3) is 0 Å². The van der Waals surface area contributed by atoms with Crippen LogP contribution < -0.4 is 5.32 Å². The monoisotopic (exact) mass is 215 g/mol. The number of ether oxygens (including phenoxy) is 1. The Hall–Kier alpha value is 0.270. The minimum atomic E-state index is 0.617. The summed E-state index contributed by atoms with van der Waals surface area (Å²) in [5.41, 5.74) is 0. The summed E-state index contributed by atoms with van der Waals surface area (Å²) < 4.78 is 5.54. The van der Waals surface area contributed by atoms with Crippen molar-refractivity contribution < 1.29 is 4.74 Å². The van der Waals surface area contributed by atoms with Gasteiger partial charge in [-0.05, 0) is 24.0 Å². The molecule has 0 spiro atoms. The van der Waals surface area contributed by atoms with Crippen LogP contribution in [0.4, 0.5) is 0 Å². The molecule has 0 aromatic rings. The van der Waals surface area contributed by atoms with Crippen LogP contribution in [0.15, 0.2) is 0 Å². The van der Waals surface area contributed by atoms with E-state index in [2.05, 4.69) is 30.9 Å². The maximum atomic E-state index is 5.54. The summed E-state index contributed by atoms with van der Waals surface area (Å²) in [6.45, 7) is 6.50. The minimum Gasteiger partial charge on any atom is -0.379 e. The first kappa shape index (κ1) is 10.8. The summed E-state index contributed by atoms with van der Waals surface area (Å²) in [5.74, 6) is 4.18. The van der Waals surface area contributed by atoms with E-state index in [1.807, 2.05) is 0 Å². The van der Waals surface area contributed by atoms with Gasteiger partial charge in [0.1, 0.15) is 0 Å². The molecule has 0 saturated carbocycles. The van der Waals surface area contributed by atoms with E-state index in [0.29, 0.717) is 6.04 Å². The Bertz CT molecular complexity index is 188. The number of thioether (sulfide) groups is 1. The van der Waals surface area contributed by atoms with Gasteiger partial charge in [-0.3, -0.25) is 0 Å². The van der Waals surface area contributed by atoms with E-state index < -0.39 is 0 Å². The van der Waals surface area contributed by atoms with Crippen molar-refractivity contribution in [1.29, 1.82) is 0 Å². The van der Waals surface area contributed by atoms with Gasteiger partial charge in [-0.2, -0.15) is 11.8 Å². The molecular formula is C11H21NOS. The molecule has 2 aliphatic heterocycles. The van der Waals surface area contributed by atoms with Crippen LogP contribution in [-0.4, -0.2) is 36.8 Å². The van der Waals surface area contributed by atoms with Gasteiger partial charge in [-0.25, -0.2) is 0 Å². The molecule has 0 aliphatic carbocycles. The Morgan fingerprint density at radius 3 is 2.79 bits per heavy atom. The Morgan fingerprint density at radius 1 is 1.29 bits per heavy atom. The Balaban J connectivity index is 1.83. The van der Waals surface area contributed by atoms with E-state index in [-0.39, 0.29) is 0 Å². The van der Waals surface area contributed by atoms with Crippen molar-refractivity contribution in [2.45, 2.75) is 32.4 Å². The van der Waals surface area contributed by atoms with Crippen molar-refractivity contribution in [3.63, 3.8) is 0 Å². The predicted octanol–water partition coefficient (Wildman–Crippen LogP) is 1.75. The molecule has 82 valence electrons. The minimum absolute atomic E-state index is 0.617. The van der Waals surface area contributed by atoms with Crippen LogP contribution in [0.1, 0.15) is 20.3 Å². The number of nitrogens with one attached hydrogen (secondary N) is 1. The lowest BCUT2D eigenvalue weighted by atomic mass is 9.98. The van der Waals surface area contributed by atoms with Crippen molar-refractivity contribution in [2.75, 3.05) is 24.7 Å². The largest absolute Gasteiger partial charge is 0.379 e. The van der Waals surface area contributed by atoms with Gasteiger partial charge in [-0.15, -0.1) is 0 Å². The SMILES string of the molecule is CCC1COCC1NC1CSCC1C. The normalized spacial score (nSPS) is 43.3. The highest BCUT2D eigenvalue weighted by Crippen LogP contribution is 2.26. The van der Waals surface area contributed by atoms with E-state index in [1.54, 1.807) is 0 Å². The van der Waals surface area contributed by atoms with E-state index in [1.165, 1.54) is 17.9 Å². The lowest BCUT2D eigenvalue weighted by molar-refractivity contribution is 0.180. The fourth-order valence-corrected chi connectivity index (χ4v) is 3.75. The zero-order valence-electron chi connectivity index (χ0n) is 9.16. The van der Waals surface area contributed by atoms with Crippen LogP contribution in [-0.2, 0) is 4.74 Å². The molecule has 0 aromatic carbocycles. The summed E-state index contributed by atoms with van der Waals surface area (Å²) >= 11 is 2.08. The summed E-state index contributed by atoms with van der Waals surface area (Å²) in [6, 6.07) is 1.34. The molecule has 0 bridgehead atoms. The second-order valence-electron chi connectivity index (χ2n) is 4.60. The first-order valence-electron chi connectivity index (χ1n) is 5.72. The molecular weight excluding hydrogens is 194 g/mol. The molecule has 3 heteroatoms. The molecule has 1 N–H and O–H groups in total. The highest BCUT2D eigenvalue weighted by Gasteiger charge is 2.32. The lowest BCUT2D eigenvalue weighted by Crippen LogP contribution is -2.45. The second kappa shape index (κ2) is 4.86. The smallest absolute Gasteiger partial charge is 0.0623 e. The third kappa shape index (κ3) is 2.26. The summed E-state index contributed by atoms with van der Waals surface area (Å²) in [6.07, 6.45) is 1.24. The molecule has 4 unspecified atom stereocenters. The van der Waals surface area contributed by atoms with Crippen molar-refractivity contribution >= 4 is 11.8 Å². The van der Waals surface area contributed by atoms with Gasteiger partial charge < -0.3 is 10.1 Å². The molecule has 2 rings (SSSR count). The average Bonchev–Trinajstić information content (AvgIpc) is 2.77. The van der Waals surface area contributed by atoms with Crippen LogP contribution in [0.5, 0.6) is 0 Å².